The molecule has 2 aromatic carbocycles. The molecule has 0 saturated carbocycles. The fourth-order valence-electron chi connectivity index (χ4n) is 3.39. The minimum absolute atomic E-state index is 0.0306. The number of ether oxygens (including phenoxy) is 3. The lowest BCUT2D eigenvalue weighted by Crippen LogP contribution is -2.47. The molecule has 2 aromatic rings. The molecule has 1 amide bonds. The van der Waals surface area contributed by atoms with Gasteiger partial charge in [0.05, 0.1) is 24.5 Å². The maximum Gasteiger partial charge on any atom is 0.310 e. The summed E-state index contributed by atoms with van der Waals surface area (Å²) in [6.45, 7) is 2.37. The van der Waals surface area contributed by atoms with Gasteiger partial charge in [0.25, 0.3) is 0 Å². The number of anilines is 1. The van der Waals surface area contributed by atoms with E-state index in [9.17, 15) is 18.0 Å². The lowest BCUT2D eigenvalue weighted by Gasteiger charge is -2.25. The highest BCUT2D eigenvalue weighted by molar-refractivity contribution is 7.89. The number of esters is 1. The first-order chi connectivity index (χ1) is 16.8. The van der Waals surface area contributed by atoms with Crippen molar-refractivity contribution < 1.29 is 32.2 Å². The van der Waals surface area contributed by atoms with Crippen LogP contribution in [0.25, 0.3) is 0 Å². The van der Waals surface area contributed by atoms with Gasteiger partial charge in [-0.2, -0.15) is 4.72 Å². The van der Waals surface area contributed by atoms with E-state index in [-0.39, 0.29) is 23.9 Å². The summed E-state index contributed by atoms with van der Waals surface area (Å²) in [6.07, 6.45) is 2.14. The second kappa shape index (κ2) is 13.0. The number of halogens is 1. The lowest BCUT2D eigenvalue weighted by molar-refractivity contribution is -0.166. The van der Waals surface area contributed by atoms with E-state index in [1.807, 2.05) is 0 Å². The number of carbonyl (C=O) groups is 2. The van der Waals surface area contributed by atoms with Gasteiger partial charge in [-0.25, -0.2) is 8.42 Å². The molecule has 11 heteroatoms. The molecule has 1 saturated heterocycles. The van der Waals surface area contributed by atoms with Crippen molar-refractivity contribution in [2.24, 2.45) is 0 Å². The van der Waals surface area contributed by atoms with Crippen molar-refractivity contribution >= 4 is 39.2 Å². The number of nitrogens with one attached hydrogen (secondary N) is 2. The number of sulfonamides is 1. The highest BCUT2D eigenvalue weighted by Crippen LogP contribution is 2.17. The molecule has 2 atom stereocenters. The third-order valence-electron chi connectivity index (χ3n) is 5.20. The van der Waals surface area contributed by atoms with Crippen molar-refractivity contribution in [3.8, 4) is 0 Å². The number of hydrogen-bond acceptors (Lipinski definition) is 7. The third kappa shape index (κ3) is 8.59. The molecule has 3 rings (SSSR count). The molecule has 190 valence electrons. The van der Waals surface area contributed by atoms with E-state index in [4.69, 9.17) is 25.8 Å². The molecule has 1 aliphatic heterocycles. The Balaban J connectivity index is 1.70. The van der Waals surface area contributed by atoms with E-state index in [0.29, 0.717) is 30.3 Å². The molecule has 1 unspecified atom stereocenters. The van der Waals surface area contributed by atoms with Crippen LogP contribution in [-0.4, -0.2) is 52.4 Å². The van der Waals surface area contributed by atoms with Crippen molar-refractivity contribution in [1.29, 1.82) is 0 Å². The average Bonchev–Trinajstić information content (AvgIpc) is 2.84. The molecule has 1 heterocycles. The Kier molecular flexibility index (Phi) is 10.1. The van der Waals surface area contributed by atoms with Crippen LogP contribution in [0.5, 0.6) is 0 Å². The van der Waals surface area contributed by atoms with Gasteiger partial charge in [-0.05, 0) is 68.1 Å². The Morgan fingerprint density at radius 3 is 2.46 bits per heavy atom. The van der Waals surface area contributed by atoms with E-state index in [2.05, 4.69) is 10.0 Å². The topological polar surface area (TPSA) is 120 Å². The second-order valence-electron chi connectivity index (χ2n) is 7.93. The molecular formula is C24H29ClN2O7S. The highest BCUT2D eigenvalue weighted by atomic mass is 35.5. The first-order valence-electron chi connectivity index (χ1n) is 11.3. The minimum Gasteiger partial charge on any atom is -0.466 e. The zero-order chi connectivity index (χ0) is 25.3. The Morgan fingerprint density at radius 1 is 1.11 bits per heavy atom. The molecule has 0 bridgehead atoms. The van der Waals surface area contributed by atoms with Crippen LogP contribution in [0.3, 0.4) is 0 Å². The smallest absolute Gasteiger partial charge is 0.310 e. The molecule has 1 fully saturated rings. The largest absolute Gasteiger partial charge is 0.466 e. The SMILES string of the molecule is CCOC(=O)Cc1ccc(NC(=O)[C@H](COC2CCCCO2)NS(=O)(=O)c2ccc(Cl)cc2)cc1. The minimum atomic E-state index is -4.03. The standard InChI is InChI=1S/C24H29ClN2O7S/c1-2-32-22(28)15-17-6-10-19(11-7-17)26-24(29)21(16-34-23-5-3-4-14-33-23)27-35(30,31)20-12-8-18(25)9-13-20/h6-13,21,23,27H,2-5,14-16H2,1H3,(H,26,29)/t21-,23?/m0/s1. The predicted molar refractivity (Wildman–Crippen MR) is 131 cm³/mol. The monoisotopic (exact) mass is 524 g/mol. The Bertz CT molecular complexity index is 1090. The van der Waals surface area contributed by atoms with Gasteiger partial charge in [0, 0.05) is 17.3 Å². The molecule has 0 aliphatic carbocycles. The number of amides is 1. The summed E-state index contributed by atoms with van der Waals surface area (Å²) in [7, 11) is -4.03. The van der Waals surface area contributed by atoms with Gasteiger partial charge in [-0.15, -0.1) is 0 Å². The lowest BCUT2D eigenvalue weighted by atomic mass is 10.1. The van der Waals surface area contributed by atoms with E-state index in [0.717, 1.165) is 18.4 Å². The van der Waals surface area contributed by atoms with E-state index >= 15 is 0 Å². The molecular weight excluding hydrogens is 496 g/mol. The molecule has 1 aliphatic rings. The number of rotatable bonds is 11. The maximum atomic E-state index is 13.0. The van der Waals surface area contributed by atoms with Crippen LogP contribution in [0, 0.1) is 0 Å². The van der Waals surface area contributed by atoms with Crippen LogP contribution >= 0.6 is 11.6 Å². The van der Waals surface area contributed by atoms with Crippen LogP contribution in [0.4, 0.5) is 5.69 Å². The summed E-state index contributed by atoms with van der Waals surface area (Å²) < 4.78 is 44.4. The summed E-state index contributed by atoms with van der Waals surface area (Å²) in [5.41, 5.74) is 1.16. The van der Waals surface area contributed by atoms with Gasteiger partial charge in [-0.3, -0.25) is 9.59 Å². The van der Waals surface area contributed by atoms with Gasteiger partial charge >= 0.3 is 5.97 Å². The quantitative estimate of drug-likeness (QED) is 0.433. The molecule has 0 aromatic heterocycles. The molecule has 9 nitrogen and oxygen atoms in total. The van der Waals surface area contributed by atoms with E-state index in [1.54, 1.807) is 31.2 Å². The highest BCUT2D eigenvalue weighted by Gasteiger charge is 2.28. The van der Waals surface area contributed by atoms with Crippen LogP contribution < -0.4 is 10.0 Å². The number of hydrogen-bond donors (Lipinski definition) is 2. The van der Waals surface area contributed by atoms with Crippen LogP contribution in [0.1, 0.15) is 31.7 Å². The van der Waals surface area contributed by atoms with Gasteiger partial charge in [0.1, 0.15) is 6.04 Å². The van der Waals surface area contributed by atoms with Gasteiger partial charge in [-0.1, -0.05) is 23.7 Å². The normalized spacial score (nSPS) is 16.9. The second-order valence-corrected chi connectivity index (χ2v) is 10.1. The van der Waals surface area contributed by atoms with Crippen LogP contribution in [-0.2, 0) is 40.2 Å². The Morgan fingerprint density at radius 2 is 1.83 bits per heavy atom. The van der Waals surface area contributed by atoms with Gasteiger partial charge < -0.3 is 19.5 Å². The van der Waals surface area contributed by atoms with Crippen molar-refractivity contribution in [3.05, 3.63) is 59.1 Å². The maximum absolute atomic E-state index is 13.0. The van der Waals surface area contributed by atoms with Crippen molar-refractivity contribution in [2.45, 2.75) is 49.8 Å². The summed E-state index contributed by atoms with van der Waals surface area (Å²) in [5.74, 6) is -0.945. The first-order valence-corrected chi connectivity index (χ1v) is 13.2. The van der Waals surface area contributed by atoms with Crippen molar-refractivity contribution in [1.82, 2.24) is 4.72 Å². The molecule has 2 N–H and O–H groups in total. The van der Waals surface area contributed by atoms with Crippen molar-refractivity contribution in [3.63, 3.8) is 0 Å². The summed E-state index contributed by atoms with van der Waals surface area (Å²) in [4.78, 5) is 24.7. The summed E-state index contributed by atoms with van der Waals surface area (Å²) in [6, 6.07) is 11.0. The number of benzene rings is 2. The van der Waals surface area contributed by atoms with E-state index in [1.165, 1.54) is 24.3 Å². The fourth-order valence-corrected chi connectivity index (χ4v) is 4.70. The van der Waals surface area contributed by atoms with Gasteiger partial charge in [0.15, 0.2) is 6.29 Å². The van der Waals surface area contributed by atoms with Crippen LogP contribution in [0.15, 0.2) is 53.4 Å². The summed E-state index contributed by atoms with van der Waals surface area (Å²) in [5, 5.41) is 3.09. The fraction of sp³-hybridized carbons (Fsp3) is 0.417. The zero-order valence-electron chi connectivity index (χ0n) is 19.4. The van der Waals surface area contributed by atoms with Gasteiger partial charge in [0.2, 0.25) is 15.9 Å². The first kappa shape index (κ1) is 27.1. The molecule has 0 radical (unpaired) electrons. The predicted octanol–water partition coefficient (Wildman–Crippen LogP) is 3.27. The molecule has 35 heavy (non-hydrogen) atoms. The zero-order valence-corrected chi connectivity index (χ0v) is 20.9. The van der Waals surface area contributed by atoms with E-state index < -0.39 is 28.3 Å². The number of carbonyl (C=O) groups excluding carboxylic acids is 2. The summed E-state index contributed by atoms with van der Waals surface area (Å²) >= 11 is 5.86. The van der Waals surface area contributed by atoms with Crippen LogP contribution in [0.2, 0.25) is 5.02 Å². The van der Waals surface area contributed by atoms with Crippen molar-refractivity contribution in [2.75, 3.05) is 25.1 Å². The Hall–Kier alpha value is -2.50. The third-order valence-corrected chi connectivity index (χ3v) is 6.94. The molecule has 0 spiro atoms. The average molecular weight is 525 g/mol. The Labute approximate surface area is 210 Å².